The lowest BCUT2D eigenvalue weighted by Crippen LogP contribution is -2.40. The van der Waals surface area contributed by atoms with E-state index in [2.05, 4.69) is 5.32 Å². The number of hydrogen-bond donors (Lipinski definition) is 2. The van der Waals surface area contributed by atoms with Crippen LogP contribution in [0.5, 0.6) is 11.5 Å². The highest BCUT2D eigenvalue weighted by Crippen LogP contribution is 2.19. The number of carbonyl (C=O) groups excluding carboxylic acids is 1. The van der Waals surface area contributed by atoms with Crippen molar-refractivity contribution in [2.24, 2.45) is 0 Å². The summed E-state index contributed by atoms with van der Waals surface area (Å²) in [6.07, 6.45) is -0.823. The van der Waals surface area contributed by atoms with Gasteiger partial charge in [0.2, 0.25) is 5.91 Å². The molecule has 0 radical (unpaired) electrons. The molecule has 0 aliphatic rings. The summed E-state index contributed by atoms with van der Waals surface area (Å²) in [4.78, 5) is 23.9. The maximum Gasteiger partial charge on any atom is 0.330 e. The van der Waals surface area contributed by atoms with Crippen LogP contribution in [0.2, 0.25) is 0 Å². The van der Waals surface area contributed by atoms with E-state index in [4.69, 9.17) is 14.2 Å². The number of rotatable bonds is 9. The molecule has 0 aliphatic carbocycles. The highest BCUT2D eigenvalue weighted by molar-refractivity contribution is 5.86. The Hall–Kier alpha value is -3.06. The first kappa shape index (κ1) is 20.3. The number of methoxy groups -OCH3 is 2. The molecule has 0 spiro atoms. The van der Waals surface area contributed by atoms with E-state index in [1.807, 2.05) is 24.3 Å². The van der Waals surface area contributed by atoms with Gasteiger partial charge in [0.1, 0.15) is 17.6 Å². The molecule has 0 aliphatic heterocycles. The van der Waals surface area contributed by atoms with E-state index in [0.717, 1.165) is 5.56 Å². The van der Waals surface area contributed by atoms with Crippen LogP contribution in [0.1, 0.15) is 24.1 Å². The van der Waals surface area contributed by atoms with Crippen LogP contribution < -0.4 is 14.8 Å². The third-order valence-corrected chi connectivity index (χ3v) is 3.99. The second-order valence-corrected chi connectivity index (χ2v) is 5.86. The number of ether oxygens (including phenoxy) is 3. The van der Waals surface area contributed by atoms with Crippen molar-refractivity contribution in [1.29, 1.82) is 0 Å². The Bertz CT molecular complexity index is 774. The first-order chi connectivity index (χ1) is 12.9. The van der Waals surface area contributed by atoms with Crippen molar-refractivity contribution >= 4 is 11.9 Å². The van der Waals surface area contributed by atoms with Crippen molar-refractivity contribution in [3.05, 3.63) is 59.7 Å². The topological polar surface area (TPSA) is 94.1 Å². The summed E-state index contributed by atoms with van der Waals surface area (Å²) in [5.74, 6) is -0.377. The summed E-state index contributed by atoms with van der Waals surface area (Å²) in [6.45, 7) is 1.77. The van der Waals surface area contributed by atoms with Crippen molar-refractivity contribution < 1.29 is 28.9 Å². The molecule has 2 aromatic rings. The molecule has 7 nitrogen and oxygen atoms in total. The van der Waals surface area contributed by atoms with Crippen LogP contribution in [-0.2, 0) is 20.9 Å². The van der Waals surface area contributed by atoms with Gasteiger partial charge in [0.25, 0.3) is 0 Å². The Balaban J connectivity index is 1.98. The van der Waals surface area contributed by atoms with Crippen LogP contribution in [0.4, 0.5) is 0 Å². The van der Waals surface area contributed by atoms with Crippen LogP contribution in [-0.4, -0.2) is 37.3 Å². The van der Waals surface area contributed by atoms with Gasteiger partial charge in [-0.25, -0.2) is 4.79 Å². The number of aliphatic carboxylic acids is 1. The summed E-state index contributed by atoms with van der Waals surface area (Å²) in [6, 6.07) is 12.6. The highest BCUT2D eigenvalue weighted by Gasteiger charge is 2.25. The molecular weight excluding hydrogens is 350 g/mol. The maximum atomic E-state index is 12.3. The predicted octanol–water partition coefficient (Wildman–Crippen LogP) is 2.55. The van der Waals surface area contributed by atoms with Gasteiger partial charge >= 0.3 is 5.97 Å². The van der Waals surface area contributed by atoms with Crippen LogP contribution in [0.3, 0.4) is 0 Å². The van der Waals surface area contributed by atoms with Crippen LogP contribution in [0, 0.1) is 0 Å². The van der Waals surface area contributed by atoms with Gasteiger partial charge in [-0.15, -0.1) is 0 Å². The number of benzene rings is 2. The first-order valence-corrected chi connectivity index (χ1v) is 8.36. The minimum atomic E-state index is -1.17. The summed E-state index contributed by atoms with van der Waals surface area (Å²) < 4.78 is 15.8. The number of amides is 1. The first-order valence-electron chi connectivity index (χ1n) is 8.36. The normalized spacial score (nSPS) is 12.7. The minimum absolute atomic E-state index is 0.200. The van der Waals surface area contributed by atoms with Crippen LogP contribution >= 0.6 is 0 Å². The zero-order valence-corrected chi connectivity index (χ0v) is 15.5. The van der Waals surface area contributed by atoms with E-state index in [0.29, 0.717) is 17.1 Å². The molecule has 2 N–H and O–H groups in total. The van der Waals surface area contributed by atoms with Crippen molar-refractivity contribution in [1.82, 2.24) is 5.32 Å². The molecule has 7 heteroatoms. The van der Waals surface area contributed by atoms with E-state index >= 15 is 0 Å². The molecule has 0 saturated heterocycles. The third-order valence-electron chi connectivity index (χ3n) is 3.99. The van der Waals surface area contributed by atoms with Gasteiger partial charge in [0.05, 0.1) is 20.8 Å². The molecule has 2 atom stereocenters. The fourth-order valence-electron chi connectivity index (χ4n) is 2.40. The van der Waals surface area contributed by atoms with Crippen LogP contribution in [0.15, 0.2) is 48.5 Å². The van der Waals surface area contributed by atoms with E-state index in [1.54, 1.807) is 38.3 Å². The zero-order valence-electron chi connectivity index (χ0n) is 15.5. The lowest BCUT2D eigenvalue weighted by atomic mass is 10.1. The van der Waals surface area contributed by atoms with Crippen molar-refractivity contribution in [3.63, 3.8) is 0 Å². The average Bonchev–Trinajstić information content (AvgIpc) is 2.70. The molecule has 27 heavy (non-hydrogen) atoms. The summed E-state index contributed by atoms with van der Waals surface area (Å²) >= 11 is 0. The quantitative estimate of drug-likeness (QED) is 0.702. The summed E-state index contributed by atoms with van der Waals surface area (Å²) in [5.41, 5.74) is 1.29. The van der Waals surface area contributed by atoms with Gasteiger partial charge in [-0.3, -0.25) is 4.79 Å². The largest absolute Gasteiger partial charge is 0.497 e. The lowest BCUT2D eigenvalue weighted by molar-refractivity contribution is -0.144. The number of carboxylic acid groups (broad SMARTS) is 1. The molecule has 1 amide bonds. The smallest absolute Gasteiger partial charge is 0.330 e. The molecule has 0 aromatic heterocycles. The molecule has 2 rings (SSSR count). The van der Waals surface area contributed by atoms with Gasteiger partial charge < -0.3 is 24.6 Å². The fourth-order valence-corrected chi connectivity index (χ4v) is 2.40. The van der Waals surface area contributed by atoms with Gasteiger partial charge in [-0.1, -0.05) is 24.3 Å². The van der Waals surface area contributed by atoms with Gasteiger partial charge in [0.15, 0.2) is 6.04 Å². The van der Waals surface area contributed by atoms with Gasteiger partial charge in [0, 0.05) is 0 Å². The number of carbonyl (C=O) groups is 2. The van der Waals surface area contributed by atoms with Crippen molar-refractivity contribution in [2.75, 3.05) is 14.2 Å². The highest BCUT2D eigenvalue weighted by atomic mass is 16.5. The molecule has 0 heterocycles. The number of carboxylic acids is 1. The molecule has 2 unspecified atom stereocenters. The number of hydrogen-bond acceptors (Lipinski definition) is 5. The molecule has 0 saturated carbocycles. The van der Waals surface area contributed by atoms with Gasteiger partial charge in [-0.05, 0) is 42.3 Å². The number of nitrogens with one attached hydrogen (secondary N) is 1. The molecule has 2 aromatic carbocycles. The monoisotopic (exact) mass is 373 g/mol. The Morgan fingerprint density at radius 3 is 2.30 bits per heavy atom. The summed E-state index contributed by atoms with van der Waals surface area (Å²) in [5, 5.41) is 11.9. The SMILES string of the molecule is COc1ccc(C(NC(=O)C(C)OCc2cccc(OC)c2)C(=O)O)cc1. The average molecular weight is 373 g/mol. The Morgan fingerprint density at radius 1 is 1.04 bits per heavy atom. The van der Waals surface area contributed by atoms with Crippen LogP contribution in [0.25, 0.3) is 0 Å². The minimum Gasteiger partial charge on any atom is -0.497 e. The second kappa shape index (κ2) is 9.59. The van der Waals surface area contributed by atoms with E-state index in [1.165, 1.54) is 7.11 Å². The maximum absolute atomic E-state index is 12.3. The Morgan fingerprint density at radius 2 is 1.70 bits per heavy atom. The zero-order chi connectivity index (χ0) is 19.8. The van der Waals surface area contributed by atoms with E-state index in [-0.39, 0.29) is 6.61 Å². The molecule has 144 valence electrons. The Labute approximate surface area is 157 Å². The molecular formula is C20H23NO6. The van der Waals surface area contributed by atoms with E-state index in [9.17, 15) is 14.7 Å². The lowest BCUT2D eigenvalue weighted by Gasteiger charge is -2.19. The van der Waals surface area contributed by atoms with Gasteiger partial charge in [-0.2, -0.15) is 0 Å². The van der Waals surface area contributed by atoms with Crippen molar-refractivity contribution in [3.8, 4) is 11.5 Å². The molecule has 0 fully saturated rings. The van der Waals surface area contributed by atoms with Crippen molar-refractivity contribution in [2.45, 2.75) is 25.7 Å². The summed E-state index contributed by atoms with van der Waals surface area (Å²) in [7, 11) is 3.09. The second-order valence-electron chi connectivity index (χ2n) is 5.86. The van der Waals surface area contributed by atoms with E-state index < -0.39 is 24.0 Å². The fraction of sp³-hybridized carbons (Fsp3) is 0.300. The predicted molar refractivity (Wildman–Crippen MR) is 98.8 cm³/mol. The Kier molecular flexibility index (Phi) is 7.19. The third kappa shape index (κ3) is 5.72. The molecule has 0 bridgehead atoms. The standard InChI is InChI=1S/C20H23NO6/c1-13(27-12-14-5-4-6-17(11-14)26-3)19(22)21-18(20(23)24)15-7-9-16(25-2)10-8-15/h4-11,13,18H,12H2,1-3H3,(H,21,22)(H,23,24).